The highest BCUT2D eigenvalue weighted by Crippen LogP contribution is 2.33. The largest absolute Gasteiger partial charge is 0.508 e. The average Bonchev–Trinajstić information content (AvgIpc) is 3.04. The molecule has 1 heterocycles. The van der Waals surface area contributed by atoms with Crippen molar-refractivity contribution in [2.75, 3.05) is 6.54 Å². The summed E-state index contributed by atoms with van der Waals surface area (Å²) in [6.45, 7) is 1.25. The minimum Gasteiger partial charge on any atom is -0.508 e. The van der Waals surface area contributed by atoms with Gasteiger partial charge in [-0.15, -0.1) is 0 Å². The summed E-state index contributed by atoms with van der Waals surface area (Å²) in [5.74, 6) is 0.302. The Balaban J connectivity index is 1.82. The molecule has 1 fully saturated rings. The number of nitrogens with zero attached hydrogens (tertiary/aromatic N) is 1. The van der Waals surface area contributed by atoms with E-state index in [-0.39, 0.29) is 17.7 Å². The lowest BCUT2D eigenvalue weighted by molar-refractivity contribution is 0.0735. The summed E-state index contributed by atoms with van der Waals surface area (Å²) in [4.78, 5) is 14.7. The first-order chi connectivity index (χ1) is 10.7. The number of aromatic hydroxyl groups is 1. The number of hydrogen-bond donors (Lipinski definition) is 2. The molecule has 1 aliphatic rings. The Kier molecular flexibility index (Phi) is 4.11. The lowest BCUT2D eigenvalue weighted by Gasteiger charge is -2.25. The molecule has 1 aliphatic heterocycles. The van der Waals surface area contributed by atoms with Crippen LogP contribution in [-0.2, 0) is 6.54 Å². The van der Waals surface area contributed by atoms with E-state index in [0.717, 1.165) is 30.5 Å². The van der Waals surface area contributed by atoms with Crippen molar-refractivity contribution in [2.24, 2.45) is 5.73 Å². The number of benzene rings is 2. The van der Waals surface area contributed by atoms with Crippen LogP contribution in [0.5, 0.6) is 5.75 Å². The fourth-order valence-corrected chi connectivity index (χ4v) is 3.00. The SMILES string of the molecule is NCc1ccc(C(=O)N2CCCC2c2ccc(O)cc2)cc1. The average molecular weight is 296 g/mol. The maximum atomic E-state index is 12.7. The molecule has 4 heteroatoms. The molecule has 2 aromatic carbocycles. The molecule has 3 N–H and O–H groups in total. The van der Waals surface area contributed by atoms with Crippen molar-refractivity contribution in [3.05, 3.63) is 65.2 Å². The molecule has 0 bridgehead atoms. The van der Waals surface area contributed by atoms with Gasteiger partial charge >= 0.3 is 0 Å². The normalized spacial score (nSPS) is 17.7. The molecule has 2 aromatic rings. The Labute approximate surface area is 130 Å². The standard InChI is InChI=1S/C18H20N2O2/c19-12-13-3-5-15(6-4-13)18(22)20-11-1-2-17(20)14-7-9-16(21)10-8-14/h3-10,17,21H,1-2,11-12,19H2. The van der Waals surface area contributed by atoms with Gasteiger partial charge < -0.3 is 15.7 Å². The number of phenols is 1. The quantitative estimate of drug-likeness (QED) is 0.915. The van der Waals surface area contributed by atoms with E-state index in [4.69, 9.17) is 5.73 Å². The van der Waals surface area contributed by atoms with Crippen molar-refractivity contribution < 1.29 is 9.90 Å². The molecule has 114 valence electrons. The van der Waals surface area contributed by atoms with Gasteiger partial charge in [0.15, 0.2) is 0 Å². The van der Waals surface area contributed by atoms with Crippen LogP contribution in [0.1, 0.15) is 40.4 Å². The van der Waals surface area contributed by atoms with Crippen LogP contribution in [0.4, 0.5) is 0 Å². The van der Waals surface area contributed by atoms with E-state index in [1.165, 1.54) is 0 Å². The van der Waals surface area contributed by atoms with Gasteiger partial charge in [-0.25, -0.2) is 0 Å². The second-order valence-electron chi connectivity index (χ2n) is 5.65. The molecule has 0 aliphatic carbocycles. The zero-order valence-corrected chi connectivity index (χ0v) is 12.4. The van der Waals surface area contributed by atoms with Crippen LogP contribution in [-0.4, -0.2) is 22.5 Å². The molecule has 0 saturated carbocycles. The predicted octanol–water partition coefficient (Wildman–Crippen LogP) is 2.83. The van der Waals surface area contributed by atoms with E-state index in [0.29, 0.717) is 12.1 Å². The summed E-state index contributed by atoms with van der Waals surface area (Å²) in [6.07, 6.45) is 1.95. The van der Waals surface area contributed by atoms with Gasteiger partial charge in [-0.3, -0.25) is 4.79 Å². The Bertz CT molecular complexity index is 650. The first-order valence-corrected chi connectivity index (χ1v) is 7.58. The Hall–Kier alpha value is -2.33. The second-order valence-corrected chi connectivity index (χ2v) is 5.65. The van der Waals surface area contributed by atoms with Crippen molar-refractivity contribution in [1.82, 2.24) is 4.90 Å². The van der Waals surface area contributed by atoms with E-state index >= 15 is 0 Å². The fourth-order valence-electron chi connectivity index (χ4n) is 3.00. The van der Waals surface area contributed by atoms with Crippen molar-refractivity contribution in [1.29, 1.82) is 0 Å². The molecule has 3 rings (SSSR count). The summed E-state index contributed by atoms with van der Waals surface area (Å²) in [5, 5.41) is 9.41. The number of nitrogens with two attached hydrogens (primary N) is 1. The predicted molar refractivity (Wildman–Crippen MR) is 85.5 cm³/mol. The van der Waals surface area contributed by atoms with Gasteiger partial charge in [-0.05, 0) is 48.2 Å². The molecule has 1 saturated heterocycles. The number of amides is 1. The Morgan fingerprint density at radius 3 is 2.45 bits per heavy atom. The topological polar surface area (TPSA) is 66.6 Å². The van der Waals surface area contributed by atoms with Gasteiger partial charge in [0.1, 0.15) is 5.75 Å². The van der Waals surface area contributed by atoms with E-state index in [1.807, 2.05) is 41.3 Å². The number of carbonyl (C=O) groups is 1. The summed E-state index contributed by atoms with van der Waals surface area (Å²) >= 11 is 0. The Morgan fingerprint density at radius 1 is 1.14 bits per heavy atom. The molecule has 0 radical (unpaired) electrons. The van der Waals surface area contributed by atoms with Gasteiger partial charge in [-0.2, -0.15) is 0 Å². The molecule has 22 heavy (non-hydrogen) atoms. The van der Waals surface area contributed by atoms with Crippen LogP contribution in [0.3, 0.4) is 0 Å². The van der Waals surface area contributed by atoms with Crippen molar-refractivity contribution in [3.8, 4) is 5.75 Å². The highest BCUT2D eigenvalue weighted by atomic mass is 16.3. The lowest BCUT2D eigenvalue weighted by atomic mass is 10.0. The Morgan fingerprint density at radius 2 is 1.82 bits per heavy atom. The molecule has 0 aromatic heterocycles. The minimum atomic E-state index is 0.0548. The highest BCUT2D eigenvalue weighted by Gasteiger charge is 2.30. The summed E-state index contributed by atoms with van der Waals surface area (Å²) in [7, 11) is 0. The number of phenolic OH excluding ortho intramolecular Hbond substituents is 1. The fraction of sp³-hybridized carbons (Fsp3) is 0.278. The lowest BCUT2D eigenvalue weighted by Crippen LogP contribution is -2.30. The minimum absolute atomic E-state index is 0.0548. The van der Waals surface area contributed by atoms with Crippen LogP contribution in [0.15, 0.2) is 48.5 Å². The van der Waals surface area contributed by atoms with Crippen LogP contribution >= 0.6 is 0 Å². The number of carbonyl (C=O) groups excluding carboxylic acids is 1. The number of hydrogen-bond acceptors (Lipinski definition) is 3. The van der Waals surface area contributed by atoms with Crippen LogP contribution in [0.2, 0.25) is 0 Å². The molecule has 0 spiro atoms. The molecule has 1 amide bonds. The van der Waals surface area contributed by atoms with Crippen molar-refractivity contribution >= 4 is 5.91 Å². The van der Waals surface area contributed by atoms with E-state index in [2.05, 4.69) is 0 Å². The van der Waals surface area contributed by atoms with Gasteiger partial charge in [0.05, 0.1) is 6.04 Å². The number of rotatable bonds is 3. The third-order valence-electron chi connectivity index (χ3n) is 4.23. The van der Waals surface area contributed by atoms with Gasteiger partial charge in [-0.1, -0.05) is 24.3 Å². The van der Waals surface area contributed by atoms with Gasteiger partial charge in [0.2, 0.25) is 0 Å². The van der Waals surface area contributed by atoms with Crippen molar-refractivity contribution in [3.63, 3.8) is 0 Å². The van der Waals surface area contributed by atoms with Crippen LogP contribution in [0, 0.1) is 0 Å². The molecular formula is C18H20N2O2. The highest BCUT2D eigenvalue weighted by molar-refractivity contribution is 5.94. The molecule has 1 atom stereocenters. The zero-order chi connectivity index (χ0) is 15.5. The van der Waals surface area contributed by atoms with Gasteiger partial charge in [0, 0.05) is 18.7 Å². The van der Waals surface area contributed by atoms with E-state index < -0.39 is 0 Å². The maximum Gasteiger partial charge on any atom is 0.254 e. The molecule has 1 unspecified atom stereocenters. The van der Waals surface area contributed by atoms with Crippen LogP contribution in [0.25, 0.3) is 0 Å². The summed E-state index contributed by atoms with van der Waals surface area (Å²) < 4.78 is 0. The third-order valence-corrected chi connectivity index (χ3v) is 4.23. The smallest absolute Gasteiger partial charge is 0.254 e. The first kappa shape index (κ1) is 14.6. The van der Waals surface area contributed by atoms with E-state index in [9.17, 15) is 9.90 Å². The monoisotopic (exact) mass is 296 g/mol. The summed E-state index contributed by atoms with van der Waals surface area (Å²) in [5.41, 5.74) is 8.38. The first-order valence-electron chi connectivity index (χ1n) is 7.58. The second kappa shape index (κ2) is 6.20. The third kappa shape index (κ3) is 2.83. The zero-order valence-electron chi connectivity index (χ0n) is 12.4. The molecule has 4 nitrogen and oxygen atoms in total. The van der Waals surface area contributed by atoms with Crippen molar-refractivity contribution in [2.45, 2.75) is 25.4 Å². The van der Waals surface area contributed by atoms with Gasteiger partial charge in [0.25, 0.3) is 5.91 Å². The summed E-state index contributed by atoms with van der Waals surface area (Å²) in [6, 6.07) is 14.7. The molecular weight excluding hydrogens is 276 g/mol. The maximum absolute atomic E-state index is 12.7. The van der Waals surface area contributed by atoms with Crippen LogP contribution < -0.4 is 5.73 Å². The number of likely N-dealkylation sites (tertiary alicyclic amines) is 1. The van der Waals surface area contributed by atoms with E-state index in [1.54, 1.807) is 12.1 Å².